The molecule has 0 radical (unpaired) electrons. The monoisotopic (exact) mass is 273 g/mol. The summed E-state index contributed by atoms with van der Waals surface area (Å²) in [7, 11) is 0. The zero-order chi connectivity index (χ0) is 13.8. The predicted octanol–water partition coefficient (Wildman–Crippen LogP) is 5.06. The molecule has 2 aromatic carbocycles. The minimum atomic E-state index is 0.272. The molecule has 2 aromatic rings. The Hall–Kier alpha value is -1.31. The van der Waals surface area contributed by atoms with Gasteiger partial charge in [0.05, 0.1) is 0 Å². The van der Waals surface area contributed by atoms with Crippen LogP contribution in [0.4, 0.5) is 0 Å². The molecule has 2 atom stereocenters. The zero-order valence-corrected chi connectivity index (χ0v) is 12.4. The molecule has 0 bridgehead atoms. The van der Waals surface area contributed by atoms with Crippen molar-refractivity contribution in [1.29, 1.82) is 0 Å². The van der Waals surface area contributed by atoms with Crippen molar-refractivity contribution in [3.8, 4) is 0 Å². The van der Waals surface area contributed by atoms with Gasteiger partial charge in [-0.05, 0) is 49.6 Å². The van der Waals surface area contributed by atoms with Crippen LogP contribution in [0.25, 0.3) is 0 Å². The zero-order valence-electron chi connectivity index (χ0n) is 11.7. The van der Waals surface area contributed by atoms with Gasteiger partial charge in [-0.1, -0.05) is 48.0 Å². The van der Waals surface area contributed by atoms with Gasteiger partial charge >= 0.3 is 0 Å². The second-order valence-corrected chi connectivity index (χ2v) is 5.46. The lowest BCUT2D eigenvalue weighted by atomic mass is 10.0. The van der Waals surface area contributed by atoms with E-state index < -0.39 is 0 Å². The van der Waals surface area contributed by atoms with Gasteiger partial charge in [-0.2, -0.15) is 0 Å². The van der Waals surface area contributed by atoms with Gasteiger partial charge in [-0.3, -0.25) is 0 Å². The van der Waals surface area contributed by atoms with Crippen LogP contribution < -0.4 is 5.32 Å². The molecule has 0 saturated heterocycles. The van der Waals surface area contributed by atoms with E-state index in [1.54, 1.807) is 0 Å². The smallest absolute Gasteiger partial charge is 0.0409 e. The van der Waals surface area contributed by atoms with Crippen LogP contribution in [0.1, 0.15) is 42.6 Å². The molecule has 100 valence electrons. The van der Waals surface area contributed by atoms with E-state index in [1.165, 1.54) is 16.7 Å². The first kappa shape index (κ1) is 14.1. The van der Waals surface area contributed by atoms with Crippen LogP contribution in [0.2, 0.25) is 5.02 Å². The summed E-state index contributed by atoms with van der Waals surface area (Å²) in [5, 5.41) is 4.41. The molecule has 1 N–H and O–H groups in total. The molecule has 0 fully saturated rings. The van der Waals surface area contributed by atoms with Crippen molar-refractivity contribution in [3.63, 3.8) is 0 Å². The molecule has 1 unspecified atom stereocenters. The van der Waals surface area contributed by atoms with Crippen molar-refractivity contribution in [2.24, 2.45) is 0 Å². The fourth-order valence-corrected chi connectivity index (χ4v) is 2.61. The summed E-state index contributed by atoms with van der Waals surface area (Å²) in [6, 6.07) is 17.1. The highest BCUT2D eigenvalue weighted by atomic mass is 35.5. The first-order valence-corrected chi connectivity index (χ1v) is 7.03. The first-order chi connectivity index (χ1) is 9.08. The Labute approximate surface area is 120 Å². The lowest BCUT2D eigenvalue weighted by Gasteiger charge is -2.22. The Kier molecular flexibility index (Phi) is 4.62. The highest BCUT2D eigenvalue weighted by Gasteiger charge is 2.12. The topological polar surface area (TPSA) is 12.0 Å². The summed E-state index contributed by atoms with van der Waals surface area (Å²) in [6.45, 7) is 6.52. The fourth-order valence-electron chi connectivity index (χ4n) is 2.41. The molecule has 0 aromatic heterocycles. The van der Waals surface area contributed by atoms with Gasteiger partial charge in [0.2, 0.25) is 0 Å². The molecule has 0 amide bonds. The Morgan fingerprint density at radius 2 is 1.68 bits per heavy atom. The van der Waals surface area contributed by atoms with E-state index in [0.717, 1.165) is 5.02 Å². The van der Waals surface area contributed by atoms with Gasteiger partial charge in [0.1, 0.15) is 0 Å². The molecule has 0 aliphatic heterocycles. The van der Waals surface area contributed by atoms with Crippen molar-refractivity contribution in [2.45, 2.75) is 32.9 Å². The molecule has 0 heterocycles. The Balaban J connectivity index is 2.11. The van der Waals surface area contributed by atoms with Crippen molar-refractivity contribution < 1.29 is 0 Å². The van der Waals surface area contributed by atoms with Gasteiger partial charge in [0.15, 0.2) is 0 Å². The van der Waals surface area contributed by atoms with Crippen molar-refractivity contribution in [1.82, 2.24) is 5.32 Å². The van der Waals surface area contributed by atoms with Crippen molar-refractivity contribution >= 4 is 11.6 Å². The fraction of sp³-hybridized carbons (Fsp3) is 0.294. The Morgan fingerprint density at radius 1 is 0.947 bits per heavy atom. The molecule has 0 spiro atoms. The minimum absolute atomic E-state index is 0.272. The molecule has 1 nitrogen and oxygen atoms in total. The number of benzene rings is 2. The number of hydrogen-bond donors (Lipinski definition) is 1. The molecule has 2 heteroatoms. The van der Waals surface area contributed by atoms with Gasteiger partial charge < -0.3 is 5.32 Å². The number of halogens is 1. The largest absolute Gasteiger partial charge is 0.304 e. The second kappa shape index (κ2) is 6.23. The summed E-state index contributed by atoms with van der Waals surface area (Å²) in [6.07, 6.45) is 0. The van der Waals surface area contributed by atoms with Crippen LogP contribution in [0, 0.1) is 6.92 Å². The molecular formula is C17H20ClN. The molecule has 0 aliphatic rings. The van der Waals surface area contributed by atoms with E-state index >= 15 is 0 Å². The third kappa shape index (κ3) is 3.59. The van der Waals surface area contributed by atoms with Gasteiger partial charge in [0, 0.05) is 17.1 Å². The molecule has 0 saturated carbocycles. The summed E-state index contributed by atoms with van der Waals surface area (Å²) in [4.78, 5) is 0. The maximum absolute atomic E-state index is 6.04. The van der Waals surface area contributed by atoms with Crippen LogP contribution >= 0.6 is 11.6 Å². The summed E-state index contributed by atoms with van der Waals surface area (Å²) in [5.41, 5.74) is 3.88. The average molecular weight is 274 g/mol. The molecular weight excluding hydrogens is 254 g/mol. The Morgan fingerprint density at radius 3 is 2.37 bits per heavy atom. The lowest BCUT2D eigenvalue weighted by molar-refractivity contribution is 0.493. The van der Waals surface area contributed by atoms with E-state index in [2.05, 4.69) is 56.4 Å². The van der Waals surface area contributed by atoms with E-state index in [1.807, 2.05) is 18.2 Å². The van der Waals surface area contributed by atoms with Crippen LogP contribution in [-0.4, -0.2) is 0 Å². The first-order valence-electron chi connectivity index (χ1n) is 6.65. The number of aryl methyl sites for hydroxylation is 1. The van der Waals surface area contributed by atoms with E-state index in [9.17, 15) is 0 Å². The van der Waals surface area contributed by atoms with E-state index in [-0.39, 0.29) is 6.04 Å². The summed E-state index contributed by atoms with van der Waals surface area (Å²) >= 11 is 6.04. The lowest BCUT2D eigenvalue weighted by Crippen LogP contribution is -2.23. The number of rotatable bonds is 4. The van der Waals surface area contributed by atoms with Crippen LogP contribution in [0.3, 0.4) is 0 Å². The normalized spacial score (nSPS) is 14.1. The standard InChI is InChI=1S/C17H20ClN/c1-12-7-4-5-10-17(12)14(3)19-13(2)15-8-6-9-16(18)11-15/h4-11,13-14,19H,1-3H3/t13?,14-/m0/s1. The van der Waals surface area contributed by atoms with Crippen LogP contribution in [0.15, 0.2) is 48.5 Å². The summed E-state index contributed by atoms with van der Waals surface area (Å²) in [5.74, 6) is 0. The average Bonchev–Trinajstić information content (AvgIpc) is 2.39. The quantitative estimate of drug-likeness (QED) is 0.821. The van der Waals surface area contributed by atoms with E-state index in [0.29, 0.717) is 6.04 Å². The predicted molar refractivity (Wildman–Crippen MR) is 82.6 cm³/mol. The number of nitrogens with one attached hydrogen (secondary N) is 1. The maximum Gasteiger partial charge on any atom is 0.0409 e. The molecule has 0 aliphatic carbocycles. The second-order valence-electron chi connectivity index (χ2n) is 5.02. The molecule has 2 rings (SSSR count). The Bertz CT molecular complexity index is 550. The highest BCUT2D eigenvalue weighted by Crippen LogP contribution is 2.23. The highest BCUT2D eigenvalue weighted by molar-refractivity contribution is 6.30. The molecule has 19 heavy (non-hydrogen) atoms. The van der Waals surface area contributed by atoms with Gasteiger partial charge in [0.25, 0.3) is 0 Å². The van der Waals surface area contributed by atoms with Gasteiger partial charge in [-0.15, -0.1) is 0 Å². The summed E-state index contributed by atoms with van der Waals surface area (Å²) < 4.78 is 0. The van der Waals surface area contributed by atoms with Crippen LogP contribution in [-0.2, 0) is 0 Å². The van der Waals surface area contributed by atoms with Crippen LogP contribution in [0.5, 0.6) is 0 Å². The maximum atomic E-state index is 6.04. The third-order valence-electron chi connectivity index (χ3n) is 3.50. The minimum Gasteiger partial charge on any atom is -0.304 e. The van der Waals surface area contributed by atoms with Crippen molar-refractivity contribution in [3.05, 3.63) is 70.2 Å². The number of hydrogen-bond acceptors (Lipinski definition) is 1. The third-order valence-corrected chi connectivity index (χ3v) is 3.74. The van der Waals surface area contributed by atoms with E-state index in [4.69, 9.17) is 11.6 Å². The van der Waals surface area contributed by atoms with Crippen molar-refractivity contribution in [2.75, 3.05) is 0 Å². The van der Waals surface area contributed by atoms with Gasteiger partial charge in [-0.25, -0.2) is 0 Å². The SMILES string of the molecule is Cc1ccccc1[C@H](C)NC(C)c1cccc(Cl)c1.